The summed E-state index contributed by atoms with van der Waals surface area (Å²) in [4.78, 5) is 22.9. The van der Waals surface area contributed by atoms with Gasteiger partial charge in [0.2, 0.25) is 0 Å². The molecule has 4 heterocycles. The number of hydrogen-bond donors (Lipinski definition) is 3. The Balaban J connectivity index is 0.000000383. The van der Waals surface area contributed by atoms with Crippen LogP contribution < -0.4 is 5.32 Å². The van der Waals surface area contributed by atoms with Gasteiger partial charge in [-0.15, -0.1) is 9.38 Å². The van der Waals surface area contributed by atoms with E-state index in [1.165, 1.54) is 0 Å². The van der Waals surface area contributed by atoms with Crippen LogP contribution in [0.4, 0.5) is 18.0 Å². The number of amides is 2. The molecule has 33 heavy (non-hydrogen) atoms. The van der Waals surface area contributed by atoms with E-state index in [9.17, 15) is 26.4 Å². The van der Waals surface area contributed by atoms with Crippen LogP contribution in [-0.2, 0) is 26.0 Å². The van der Waals surface area contributed by atoms with Gasteiger partial charge in [-0.05, 0) is 38.8 Å². The summed E-state index contributed by atoms with van der Waals surface area (Å²) < 4.78 is 68.7. The number of carboxylic acids is 1. The highest BCUT2D eigenvalue weighted by molar-refractivity contribution is 7.80. The number of carbonyl (C=O) groups excluding carboxylic acids is 1. The van der Waals surface area contributed by atoms with Gasteiger partial charge in [-0.25, -0.2) is 9.59 Å². The number of carboxylic acid groups (broad SMARTS) is 1. The number of carbonyl (C=O) groups is 2. The Hall–Kier alpha value is -2.50. The predicted molar refractivity (Wildman–Crippen MR) is 102 cm³/mol. The molecule has 0 radical (unpaired) electrons. The van der Waals surface area contributed by atoms with Crippen molar-refractivity contribution < 1.29 is 45.1 Å². The Bertz CT molecular complexity index is 966. The van der Waals surface area contributed by atoms with E-state index in [1.54, 1.807) is 9.58 Å². The molecule has 4 rings (SSSR count). The Morgan fingerprint density at radius 1 is 1.24 bits per heavy atom. The first-order valence-electron chi connectivity index (χ1n) is 10.0. The summed E-state index contributed by atoms with van der Waals surface area (Å²) in [6, 6.07) is -1.04. The fraction of sp³-hybridized carbons (Fsp3) is 0.750. The number of aliphatic carboxylic acids is 1. The maximum absolute atomic E-state index is 12.4. The zero-order valence-electron chi connectivity index (χ0n) is 17.2. The first-order chi connectivity index (χ1) is 15.3. The molecule has 3 saturated heterocycles. The lowest BCUT2D eigenvalue weighted by molar-refractivity contribution is -0.192. The molecule has 2 bridgehead atoms. The molecular weight excluding hydrogens is 477 g/mol. The van der Waals surface area contributed by atoms with E-state index in [0.29, 0.717) is 31.8 Å². The number of nitrogens with one attached hydrogen (secondary N) is 1. The van der Waals surface area contributed by atoms with Crippen molar-refractivity contribution in [1.82, 2.24) is 30.3 Å². The van der Waals surface area contributed by atoms with Crippen molar-refractivity contribution in [2.24, 2.45) is 0 Å². The van der Waals surface area contributed by atoms with Gasteiger partial charge in [-0.1, -0.05) is 5.21 Å². The molecule has 2 atom stereocenters. The summed E-state index contributed by atoms with van der Waals surface area (Å²) in [5.74, 6) is -2.35. The molecule has 3 aliphatic rings. The standard InChI is InChI=1S/C14H22N6O5S.C2HF3O2/c21-14-19-8-12(20(14)25-26(22,23)24)2-1-11(19)7-18-9-13(16-17-18)10-3-5-15-6-4-10;3-2(4,5)1(6)7/h9-12,15H,1-8H2,(H,22,23,24);(H,6,7)/t11-,12+;/m0./s1. The van der Waals surface area contributed by atoms with Crippen molar-refractivity contribution in [3.8, 4) is 0 Å². The van der Waals surface area contributed by atoms with Crippen molar-refractivity contribution in [2.75, 3.05) is 19.6 Å². The minimum absolute atomic E-state index is 0.115. The third-order valence-electron chi connectivity index (χ3n) is 5.58. The number of urea groups is 1. The third kappa shape index (κ3) is 6.52. The van der Waals surface area contributed by atoms with Crippen LogP contribution in [0.3, 0.4) is 0 Å². The summed E-state index contributed by atoms with van der Waals surface area (Å²) in [5.41, 5.74) is 0.976. The van der Waals surface area contributed by atoms with Crippen LogP contribution in [0.5, 0.6) is 0 Å². The number of fused-ring (bicyclic) bond motifs is 2. The Morgan fingerprint density at radius 3 is 2.45 bits per heavy atom. The average Bonchev–Trinajstić information content (AvgIpc) is 3.28. The lowest BCUT2D eigenvalue weighted by Gasteiger charge is -2.30. The summed E-state index contributed by atoms with van der Waals surface area (Å²) in [5, 5.41) is 19.7. The fourth-order valence-corrected chi connectivity index (χ4v) is 4.41. The zero-order chi connectivity index (χ0) is 24.4. The first kappa shape index (κ1) is 25.1. The Morgan fingerprint density at radius 2 is 1.88 bits per heavy atom. The SMILES string of the molecule is O=C(O)C(F)(F)F.O=C1N2C[C@@H](CC[C@H]2Cn2cc(C3CCNCC3)nn2)N1OS(=O)(=O)O. The van der Waals surface area contributed by atoms with Gasteiger partial charge in [-0.3, -0.25) is 9.23 Å². The van der Waals surface area contributed by atoms with E-state index < -0.39 is 28.6 Å². The van der Waals surface area contributed by atoms with Gasteiger partial charge in [0.25, 0.3) is 0 Å². The van der Waals surface area contributed by atoms with Gasteiger partial charge >= 0.3 is 28.6 Å². The summed E-state index contributed by atoms with van der Waals surface area (Å²) in [6.07, 6.45) is 0.227. The van der Waals surface area contributed by atoms with Gasteiger partial charge in [0.15, 0.2) is 0 Å². The Kier molecular flexibility index (Phi) is 7.45. The molecule has 0 unspecified atom stereocenters. The normalized spacial score (nSPS) is 23.9. The van der Waals surface area contributed by atoms with E-state index in [1.807, 2.05) is 6.20 Å². The smallest absolute Gasteiger partial charge is 0.475 e. The minimum Gasteiger partial charge on any atom is -0.475 e. The molecule has 1 aromatic rings. The third-order valence-corrected chi connectivity index (χ3v) is 5.92. The summed E-state index contributed by atoms with van der Waals surface area (Å²) in [6.45, 7) is 2.83. The quantitative estimate of drug-likeness (QED) is 0.481. The van der Waals surface area contributed by atoms with E-state index in [4.69, 9.17) is 14.5 Å². The van der Waals surface area contributed by atoms with E-state index in [-0.39, 0.29) is 12.1 Å². The monoisotopic (exact) mass is 500 g/mol. The van der Waals surface area contributed by atoms with Gasteiger partial charge in [-0.2, -0.15) is 26.7 Å². The zero-order valence-corrected chi connectivity index (χ0v) is 18.0. The maximum atomic E-state index is 12.4. The molecule has 3 N–H and O–H groups in total. The maximum Gasteiger partial charge on any atom is 0.490 e. The Labute approximate surface area is 186 Å². The van der Waals surface area contributed by atoms with Crippen LogP contribution in [0, 0.1) is 0 Å². The predicted octanol–water partition coefficient (Wildman–Crippen LogP) is 0.381. The second-order valence-electron chi connectivity index (χ2n) is 7.84. The van der Waals surface area contributed by atoms with E-state index in [2.05, 4.69) is 19.9 Å². The molecule has 17 heteroatoms. The minimum atomic E-state index is -5.08. The number of alkyl halides is 3. The molecule has 186 valence electrons. The second kappa shape index (κ2) is 9.78. The molecule has 0 aromatic carbocycles. The van der Waals surface area contributed by atoms with Crippen molar-refractivity contribution in [3.05, 3.63) is 11.9 Å². The highest BCUT2D eigenvalue weighted by Gasteiger charge is 2.47. The molecule has 3 aliphatic heterocycles. The van der Waals surface area contributed by atoms with E-state index >= 15 is 0 Å². The summed E-state index contributed by atoms with van der Waals surface area (Å²) >= 11 is 0. The molecular formula is C16H23F3N6O7S. The van der Waals surface area contributed by atoms with Gasteiger partial charge in [0.1, 0.15) is 0 Å². The highest BCUT2D eigenvalue weighted by atomic mass is 32.3. The van der Waals surface area contributed by atoms with Crippen molar-refractivity contribution >= 4 is 22.4 Å². The molecule has 0 aliphatic carbocycles. The number of rotatable bonds is 5. The van der Waals surface area contributed by atoms with Crippen molar-refractivity contribution in [1.29, 1.82) is 0 Å². The van der Waals surface area contributed by atoms with Crippen LogP contribution in [0.2, 0.25) is 0 Å². The van der Waals surface area contributed by atoms with Gasteiger partial charge in [0, 0.05) is 18.7 Å². The number of piperidine rings is 2. The van der Waals surface area contributed by atoms with Crippen molar-refractivity contribution in [3.63, 3.8) is 0 Å². The van der Waals surface area contributed by atoms with Crippen LogP contribution in [0.15, 0.2) is 6.20 Å². The van der Waals surface area contributed by atoms with Gasteiger partial charge in [0.05, 0.1) is 24.3 Å². The van der Waals surface area contributed by atoms with Crippen LogP contribution in [0.1, 0.15) is 37.3 Å². The molecule has 1 aromatic heterocycles. The topological polar surface area (TPSA) is 167 Å². The molecule has 2 amide bonds. The average molecular weight is 500 g/mol. The lowest BCUT2D eigenvalue weighted by Crippen LogP contribution is -2.42. The van der Waals surface area contributed by atoms with Crippen LogP contribution >= 0.6 is 0 Å². The number of hydroxylamine groups is 2. The van der Waals surface area contributed by atoms with Crippen LogP contribution in [0.25, 0.3) is 0 Å². The van der Waals surface area contributed by atoms with E-state index in [0.717, 1.165) is 36.7 Å². The highest BCUT2D eigenvalue weighted by Crippen LogP contribution is 2.31. The molecule has 13 nitrogen and oxygen atoms in total. The molecule has 3 fully saturated rings. The number of aromatic nitrogens is 3. The van der Waals surface area contributed by atoms with Crippen molar-refractivity contribution in [2.45, 2.75) is 56.4 Å². The van der Waals surface area contributed by atoms with Crippen LogP contribution in [-0.4, -0.2) is 92.9 Å². The molecule has 0 saturated carbocycles. The number of halogens is 3. The number of hydrogen-bond acceptors (Lipinski definition) is 8. The van der Waals surface area contributed by atoms with Gasteiger partial charge < -0.3 is 15.3 Å². The second-order valence-corrected chi connectivity index (χ2v) is 8.85. The fourth-order valence-electron chi connectivity index (χ4n) is 4.02. The first-order valence-corrected chi connectivity index (χ1v) is 11.4. The molecule has 0 spiro atoms. The largest absolute Gasteiger partial charge is 0.490 e. The lowest BCUT2D eigenvalue weighted by atomic mass is 9.95. The number of nitrogens with zero attached hydrogens (tertiary/aromatic N) is 5. The summed E-state index contributed by atoms with van der Waals surface area (Å²) in [7, 11) is -4.72.